The molecule has 4 nitrogen and oxygen atoms in total. The molecule has 0 saturated heterocycles. The first kappa shape index (κ1) is 10.1. The molecular formula is C12H8ClN3O. The molecule has 0 spiro atoms. The second-order valence-electron chi connectivity index (χ2n) is 3.66. The predicted octanol–water partition coefficient (Wildman–Crippen LogP) is 2.57. The largest absolute Gasteiger partial charge is 0.325 e. The summed E-state index contributed by atoms with van der Waals surface area (Å²) in [6.07, 6.45) is 0. The first-order valence-corrected chi connectivity index (χ1v) is 5.46. The van der Waals surface area contributed by atoms with Crippen LogP contribution in [-0.4, -0.2) is 15.0 Å². The molecule has 0 atom stereocenters. The number of nitrogens with one attached hydrogen (secondary N) is 2. The Morgan fingerprint density at radius 1 is 1.12 bits per heavy atom. The highest BCUT2D eigenvalue weighted by Gasteiger charge is 2.08. The van der Waals surface area contributed by atoms with Crippen LogP contribution in [0.15, 0.2) is 41.2 Å². The van der Waals surface area contributed by atoms with Crippen molar-refractivity contribution < 1.29 is 0 Å². The van der Waals surface area contributed by atoms with Crippen LogP contribution in [0.1, 0.15) is 0 Å². The van der Waals surface area contributed by atoms with Crippen LogP contribution in [0, 0.1) is 0 Å². The van der Waals surface area contributed by atoms with Gasteiger partial charge in [0.15, 0.2) is 5.65 Å². The molecule has 2 heterocycles. The zero-order chi connectivity index (χ0) is 11.8. The van der Waals surface area contributed by atoms with Crippen LogP contribution < -0.4 is 5.69 Å². The first-order valence-electron chi connectivity index (χ1n) is 5.08. The van der Waals surface area contributed by atoms with Crippen molar-refractivity contribution in [3.05, 3.63) is 51.9 Å². The zero-order valence-electron chi connectivity index (χ0n) is 8.70. The molecule has 0 fully saturated rings. The minimum Gasteiger partial charge on any atom is -0.304 e. The molecule has 3 aromatic rings. The molecule has 2 aromatic heterocycles. The minimum atomic E-state index is -0.284. The third-order valence-corrected chi connectivity index (χ3v) is 2.79. The summed E-state index contributed by atoms with van der Waals surface area (Å²) in [6.45, 7) is 0. The molecule has 84 valence electrons. The Kier molecular flexibility index (Phi) is 2.23. The number of benzene rings is 1. The van der Waals surface area contributed by atoms with Crippen LogP contribution in [0.4, 0.5) is 0 Å². The first-order chi connectivity index (χ1) is 8.24. The van der Waals surface area contributed by atoms with Crippen molar-refractivity contribution in [1.29, 1.82) is 0 Å². The van der Waals surface area contributed by atoms with E-state index in [1.807, 2.05) is 30.3 Å². The number of fused-ring (bicyclic) bond motifs is 1. The van der Waals surface area contributed by atoms with Gasteiger partial charge in [-0.1, -0.05) is 41.9 Å². The molecule has 0 amide bonds. The van der Waals surface area contributed by atoms with E-state index in [2.05, 4.69) is 15.0 Å². The number of hydrogen-bond donors (Lipinski definition) is 2. The van der Waals surface area contributed by atoms with Crippen LogP contribution in [0.3, 0.4) is 0 Å². The number of imidazole rings is 1. The third kappa shape index (κ3) is 1.72. The maximum Gasteiger partial charge on any atom is 0.325 e. The van der Waals surface area contributed by atoms with Gasteiger partial charge < -0.3 is 4.98 Å². The van der Waals surface area contributed by atoms with Gasteiger partial charge in [-0.05, 0) is 6.07 Å². The van der Waals surface area contributed by atoms with Crippen LogP contribution in [0.5, 0.6) is 0 Å². The maximum atomic E-state index is 11.2. The fourth-order valence-electron chi connectivity index (χ4n) is 1.74. The second-order valence-corrected chi connectivity index (χ2v) is 4.07. The molecule has 0 aliphatic rings. The zero-order valence-corrected chi connectivity index (χ0v) is 9.45. The Balaban J connectivity index is 2.30. The van der Waals surface area contributed by atoms with Gasteiger partial charge in [0.05, 0.1) is 16.2 Å². The van der Waals surface area contributed by atoms with Gasteiger partial charge in [-0.2, -0.15) is 0 Å². The van der Waals surface area contributed by atoms with Crippen molar-refractivity contribution in [2.45, 2.75) is 0 Å². The standard InChI is InChI=1S/C12H8ClN3O/c13-8-6-9-11(16-12(17)14-9)15-10(8)7-4-2-1-3-5-7/h1-6H,(H2,14,15,16,17). The normalized spacial score (nSPS) is 10.9. The maximum absolute atomic E-state index is 11.2. The minimum absolute atomic E-state index is 0.284. The Morgan fingerprint density at radius 3 is 2.65 bits per heavy atom. The number of halogens is 1. The van der Waals surface area contributed by atoms with E-state index in [1.165, 1.54) is 0 Å². The summed E-state index contributed by atoms with van der Waals surface area (Å²) in [6, 6.07) is 11.3. The molecule has 17 heavy (non-hydrogen) atoms. The number of pyridine rings is 1. The Morgan fingerprint density at radius 2 is 1.88 bits per heavy atom. The molecular weight excluding hydrogens is 238 g/mol. The summed E-state index contributed by atoms with van der Waals surface area (Å²) in [5.41, 5.74) is 2.42. The van der Waals surface area contributed by atoms with E-state index in [1.54, 1.807) is 6.07 Å². The second kappa shape index (κ2) is 3.75. The summed E-state index contributed by atoms with van der Waals surface area (Å²) in [5, 5.41) is 0.513. The highest BCUT2D eigenvalue weighted by molar-refractivity contribution is 6.33. The van der Waals surface area contributed by atoms with Gasteiger partial charge in [-0.3, -0.25) is 4.98 Å². The number of hydrogen-bond acceptors (Lipinski definition) is 2. The summed E-state index contributed by atoms with van der Waals surface area (Å²) >= 11 is 6.15. The summed E-state index contributed by atoms with van der Waals surface area (Å²) in [5.74, 6) is 0. The Hall–Kier alpha value is -2.07. The molecule has 5 heteroatoms. The fourth-order valence-corrected chi connectivity index (χ4v) is 2.00. The smallest absolute Gasteiger partial charge is 0.304 e. The van der Waals surface area contributed by atoms with Crippen LogP contribution in [-0.2, 0) is 0 Å². The van der Waals surface area contributed by atoms with Gasteiger partial charge in [0.2, 0.25) is 0 Å². The molecule has 0 bridgehead atoms. The molecule has 0 saturated carbocycles. The molecule has 0 unspecified atom stereocenters. The monoisotopic (exact) mass is 245 g/mol. The molecule has 0 aliphatic carbocycles. The average Bonchev–Trinajstić information content (AvgIpc) is 2.68. The van der Waals surface area contributed by atoms with E-state index >= 15 is 0 Å². The highest BCUT2D eigenvalue weighted by atomic mass is 35.5. The third-order valence-electron chi connectivity index (χ3n) is 2.50. The fraction of sp³-hybridized carbons (Fsp3) is 0. The highest BCUT2D eigenvalue weighted by Crippen LogP contribution is 2.27. The van der Waals surface area contributed by atoms with Crippen molar-refractivity contribution in [2.24, 2.45) is 0 Å². The SMILES string of the molecule is O=c1[nH]c2cc(Cl)c(-c3ccccc3)nc2[nH]1. The lowest BCUT2D eigenvalue weighted by atomic mass is 10.1. The van der Waals surface area contributed by atoms with Gasteiger partial charge in [-0.25, -0.2) is 9.78 Å². The quantitative estimate of drug-likeness (QED) is 0.692. The van der Waals surface area contributed by atoms with E-state index in [4.69, 9.17) is 11.6 Å². The summed E-state index contributed by atoms with van der Waals surface area (Å²) < 4.78 is 0. The van der Waals surface area contributed by atoms with Crippen molar-refractivity contribution in [3.63, 3.8) is 0 Å². The molecule has 2 N–H and O–H groups in total. The van der Waals surface area contributed by atoms with Crippen LogP contribution >= 0.6 is 11.6 Å². The van der Waals surface area contributed by atoms with Gasteiger partial charge >= 0.3 is 5.69 Å². The van der Waals surface area contributed by atoms with E-state index in [0.717, 1.165) is 5.56 Å². The number of aromatic nitrogens is 3. The number of H-pyrrole nitrogens is 2. The van der Waals surface area contributed by atoms with Crippen molar-refractivity contribution >= 4 is 22.8 Å². The molecule has 1 aromatic carbocycles. The topological polar surface area (TPSA) is 61.5 Å². The number of rotatable bonds is 1. The Bertz CT molecular complexity index is 730. The molecule has 3 rings (SSSR count). The van der Waals surface area contributed by atoms with Crippen LogP contribution in [0.25, 0.3) is 22.4 Å². The van der Waals surface area contributed by atoms with Gasteiger partial charge in [0.1, 0.15) is 0 Å². The summed E-state index contributed by atoms with van der Waals surface area (Å²) in [4.78, 5) is 20.7. The predicted molar refractivity (Wildman–Crippen MR) is 67.2 cm³/mol. The lowest BCUT2D eigenvalue weighted by molar-refractivity contribution is 1.20. The average molecular weight is 246 g/mol. The van der Waals surface area contributed by atoms with Gasteiger partial charge in [0, 0.05) is 5.56 Å². The number of aromatic amines is 2. The van der Waals surface area contributed by atoms with Crippen LogP contribution in [0.2, 0.25) is 5.02 Å². The van der Waals surface area contributed by atoms with E-state index in [9.17, 15) is 4.79 Å². The molecule has 0 aliphatic heterocycles. The van der Waals surface area contributed by atoms with Crippen molar-refractivity contribution in [1.82, 2.24) is 15.0 Å². The molecule has 0 radical (unpaired) electrons. The van der Waals surface area contributed by atoms with E-state index < -0.39 is 0 Å². The summed E-state index contributed by atoms with van der Waals surface area (Å²) in [7, 11) is 0. The van der Waals surface area contributed by atoms with Crippen molar-refractivity contribution in [2.75, 3.05) is 0 Å². The van der Waals surface area contributed by atoms with Gasteiger partial charge in [0.25, 0.3) is 0 Å². The lowest BCUT2D eigenvalue weighted by Gasteiger charge is -2.02. The lowest BCUT2D eigenvalue weighted by Crippen LogP contribution is -1.99. The number of nitrogens with zero attached hydrogens (tertiary/aromatic N) is 1. The van der Waals surface area contributed by atoms with E-state index in [-0.39, 0.29) is 5.69 Å². The van der Waals surface area contributed by atoms with Gasteiger partial charge in [-0.15, -0.1) is 0 Å². The van der Waals surface area contributed by atoms with E-state index in [0.29, 0.717) is 21.9 Å². The Labute approximate surface area is 101 Å². The van der Waals surface area contributed by atoms with Crippen molar-refractivity contribution in [3.8, 4) is 11.3 Å².